The molecule has 0 aromatic carbocycles. The molecule has 1 spiro atoms. The van der Waals surface area contributed by atoms with E-state index in [4.69, 9.17) is 9.72 Å². The Labute approximate surface area is 187 Å². The van der Waals surface area contributed by atoms with Gasteiger partial charge in [0.05, 0.1) is 0 Å². The number of amides is 1. The van der Waals surface area contributed by atoms with E-state index in [0.29, 0.717) is 23.3 Å². The summed E-state index contributed by atoms with van der Waals surface area (Å²) in [4.78, 5) is 26.1. The Hall–Kier alpha value is -2.68. The Balaban J connectivity index is 1.02. The van der Waals surface area contributed by atoms with Gasteiger partial charge >= 0.3 is 0 Å². The molecule has 9 nitrogen and oxygen atoms in total. The number of nitrogens with zero attached hydrogens (tertiary/aromatic N) is 5. The van der Waals surface area contributed by atoms with Crippen LogP contribution in [-0.4, -0.2) is 70.4 Å². The van der Waals surface area contributed by atoms with Crippen LogP contribution in [0.4, 0.5) is 17.6 Å². The van der Waals surface area contributed by atoms with Gasteiger partial charge in [0.15, 0.2) is 5.82 Å². The van der Waals surface area contributed by atoms with Crippen molar-refractivity contribution in [2.24, 2.45) is 11.3 Å². The van der Waals surface area contributed by atoms with Crippen LogP contribution in [0.3, 0.4) is 0 Å². The maximum atomic E-state index is 12.7. The molecule has 0 unspecified atom stereocenters. The van der Waals surface area contributed by atoms with Crippen LogP contribution in [0.2, 0.25) is 0 Å². The van der Waals surface area contributed by atoms with Crippen LogP contribution < -0.4 is 10.2 Å². The first-order chi connectivity index (χ1) is 15.6. The first-order valence-electron chi connectivity index (χ1n) is 11.8. The molecule has 4 fully saturated rings. The molecule has 1 amide bonds. The lowest BCUT2D eigenvalue weighted by atomic mass is 9.60. The van der Waals surface area contributed by atoms with Crippen LogP contribution in [-0.2, 0) is 9.53 Å². The number of H-pyrrole nitrogens is 1. The van der Waals surface area contributed by atoms with E-state index in [-0.39, 0.29) is 5.92 Å². The molecule has 4 heterocycles. The van der Waals surface area contributed by atoms with Crippen LogP contribution in [0.25, 0.3) is 0 Å². The van der Waals surface area contributed by atoms with E-state index < -0.39 is 0 Å². The Morgan fingerprint density at radius 1 is 1.22 bits per heavy atom. The van der Waals surface area contributed by atoms with E-state index in [0.717, 1.165) is 69.6 Å². The molecule has 9 heteroatoms. The topological polar surface area (TPSA) is 99.3 Å². The van der Waals surface area contributed by atoms with Crippen LogP contribution in [0, 0.1) is 11.3 Å². The van der Waals surface area contributed by atoms with Crippen molar-refractivity contribution >= 4 is 23.5 Å². The number of likely N-dealkylation sites (tertiary alicyclic amines) is 1. The highest BCUT2D eigenvalue weighted by Crippen LogP contribution is 2.51. The molecule has 2 saturated carbocycles. The molecule has 4 aliphatic rings. The highest BCUT2D eigenvalue weighted by Gasteiger charge is 2.55. The predicted octanol–water partition coefficient (Wildman–Crippen LogP) is 2.67. The van der Waals surface area contributed by atoms with Crippen LogP contribution in [0.15, 0.2) is 18.3 Å². The Kier molecular flexibility index (Phi) is 4.82. The second-order valence-electron chi connectivity index (χ2n) is 10.1. The average Bonchev–Trinajstić information content (AvgIpc) is 3.51. The lowest BCUT2D eigenvalue weighted by molar-refractivity contribution is -0.158. The van der Waals surface area contributed by atoms with Crippen LogP contribution >= 0.6 is 0 Å². The normalized spacial score (nSPS) is 23.0. The number of hydrogen-bond acceptors (Lipinski definition) is 7. The van der Waals surface area contributed by atoms with Gasteiger partial charge < -0.3 is 19.9 Å². The maximum Gasteiger partial charge on any atom is 0.227 e. The zero-order chi connectivity index (χ0) is 21.7. The molecule has 2 aliphatic heterocycles. The molecule has 170 valence electrons. The molecule has 32 heavy (non-hydrogen) atoms. The van der Waals surface area contributed by atoms with Crippen molar-refractivity contribution in [1.29, 1.82) is 0 Å². The summed E-state index contributed by atoms with van der Waals surface area (Å²) in [6, 6.07) is 4.36. The molecule has 2 aliphatic carbocycles. The summed E-state index contributed by atoms with van der Waals surface area (Å²) in [7, 11) is 2.07. The molecule has 2 N–H and O–H groups in total. The fraction of sp³-hybridized carbons (Fsp3) is 0.652. The summed E-state index contributed by atoms with van der Waals surface area (Å²) >= 11 is 0. The van der Waals surface area contributed by atoms with Gasteiger partial charge in [0.25, 0.3) is 0 Å². The van der Waals surface area contributed by atoms with E-state index in [1.54, 1.807) is 6.20 Å². The van der Waals surface area contributed by atoms with Gasteiger partial charge in [-0.05, 0) is 44.6 Å². The molecule has 0 atom stereocenters. The van der Waals surface area contributed by atoms with Gasteiger partial charge in [-0.15, -0.1) is 0 Å². The summed E-state index contributed by atoms with van der Waals surface area (Å²) in [5.74, 6) is 3.42. The van der Waals surface area contributed by atoms with Crippen molar-refractivity contribution in [3.63, 3.8) is 0 Å². The minimum absolute atomic E-state index is 0.165. The van der Waals surface area contributed by atoms with E-state index >= 15 is 0 Å². The van der Waals surface area contributed by atoms with Gasteiger partial charge in [0.1, 0.15) is 5.82 Å². The van der Waals surface area contributed by atoms with Crippen molar-refractivity contribution < 1.29 is 9.53 Å². The number of carbonyl (C=O) groups excluding carboxylic acids is 1. The van der Waals surface area contributed by atoms with Crippen molar-refractivity contribution in [2.45, 2.75) is 50.5 Å². The smallest absolute Gasteiger partial charge is 0.227 e. The third kappa shape index (κ3) is 3.72. The zero-order valence-electron chi connectivity index (χ0n) is 18.6. The van der Waals surface area contributed by atoms with Gasteiger partial charge in [-0.3, -0.25) is 9.89 Å². The van der Waals surface area contributed by atoms with Crippen molar-refractivity contribution in [3.05, 3.63) is 24.0 Å². The lowest BCUT2D eigenvalue weighted by Crippen LogP contribution is -2.68. The van der Waals surface area contributed by atoms with Crippen molar-refractivity contribution in [2.75, 3.05) is 43.6 Å². The predicted molar refractivity (Wildman–Crippen MR) is 120 cm³/mol. The van der Waals surface area contributed by atoms with E-state index in [9.17, 15) is 4.79 Å². The van der Waals surface area contributed by atoms with Crippen LogP contribution in [0.5, 0.6) is 0 Å². The fourth-order valence-electron chi connectivity index (χ4n) is 5.48. The molecule has 6 rings (SSSR count). The second kappa shape index (κ2) is 7.72. The van der Waals surface area contributed by atoms with Gasteiger partial charge in [-0.25, -0.2) is 4.98 Å². The van der Waals surface area contributed by atoms with E-state index in [1.807, 2.05) is 6.07 Å². The Bertz CT molecular complexity index is 984. The number of ether oxygens (including phenoxy) is 1. The van der Waals surface area contributed by atoms with E-state index in [1.165, 1.54) is 18.5 Å². The minimum atomic E-state index is 0.165. The van der Waals surface area contributed by atoms with Gasteiger partial charge in [0.2, 0.25) is 11.9 Å². The molecule has 0 radical (unpaired) electrons. The van der Waals surface area contributed by atoms with E-state index in [2.05, 4.69) is 43.4 Å². The highest BCUT2D eigenvalue weighted by atomic mass is 16.5. The number of aromatic nitrogens is 4. The number of anilines is 3. The largest absolute Gasteiger partial charge is 0.381 e. The standard InChI is InChI=1S/C23H31N7O2/c1-29(17-11-23(12-17)13-30(14-23)21(31)16-5-8-32-9-6-16)22-24-7-4-19(26-22)25-20-10-18(27-28-20)15-2-3-15/h4,7,10,15-17H,2-3,5-6,8-9,11-14H2,1H3,(H2,24,25,26,27,28). The zero-order valence-corrected chi connectivity index (χ0v) is 18.6. The quantitative estimate of drug-likeness (QED) is 0.717. The Morgan fingerprint density at radius 3 is 2.75 bits per heavy atom. The lowest BCUT2D eigenvalue weighted by Gasteiger charge is -2.61. The SMILES string of the molecule is CN(c1nccc(Nc2cc(C3CC3)[nH]n2)n1)C1CC2(C1)CN(C(=O)C1CCOCC1)C2. The summed E-state index contributed by atoms with van der Waals surface area (Å²) in [5.41, 5.74) is 1.49. The summed E-state index contributed by atoms with van der Waals surface area (Å²) in [6.45, 7) is 3.24. The summed E-state index contributed by atoms with van der Waals surface area (Å²) < 4.78 is 5.39. The summed E-state index contributed by atoms with van der Waals surface area (Å²) in [5, 5.41) is 10.8. The summed E-state index contributed by atoms with van der Waals surface area (Å²) in [6.07, 6.45) is 8.20. The Morgan fingerprint density at radius 2 is 2.00 bits per heavy atom. The number of aromatic amines is 1. The highest BCUT2D eigenvalue weighted by molar-refractivity contribution is 5.80. The van der Waals surface area contributed by atoms with Crippen LogP contribution in [0.1, 0.15) is 50.1 Å². The van der Waals surface area contributed by atoms with Gasteiger partial charge in [-0.2, -0.15) is 10.1 Å². The van der Waals surface area contributed by atoms with Gasteiger partial charge in [0, 0.05) is 74.6 Å². The van der Waals surface area contributed by atoms with Crippen molar-refractivity contribution in [3.8, 4) is 0 Å². The number of rotatable bonds is 6. The maximum absolute atomic E-state index is 12.7. The van der Waals surface area contributed by atoms with Gasteiger partial charge in [-0.1, -0.05) is 0 Å². The molecule has 2 saturated heterocycles. The third-order valence-electron chi connectivity index (χ3n) is 7.65. The molecular formula is C23H31N7O2. The fourth-order valence-corrected chi connectivity index (χ4v) is 5.48. The monoisotopic (exact) mass is 437 g/mol. The van der Waals surface area contributed by atoms with Crippen molar-refractivity contribution in [1.82, 2.24) is 25.1 Å². The molecule has 0 bridgehead atoms. The third-order valence-corrected chi connectivity index (χ3v) is 7.65. The second-order valence-corrected chi connectivity index (χ2v) is 10.1. The minimum Gasteiger partial charge on any atom is -0.381 e. The first-order valence-corrected chi connectivity index (χ1v) is 11.8. The molecule has 2 aromatic rings. The molecule has 2 aromatic heterocycles. The molecular weight excluding hydrogens is 406 g/mol. The number of nitrogens with one attached hydrogen (secondary N) is 2. The number of hydrogen-bond donors (Lipinski definition) is 2. The average molecular weight is 438 g/mol. The first kappa shape index (κ1) is 20.0. The number of carbonyl (C=O) groups is 1.